The lowest BCUT2D eigenvalue weighted by Crippen LogP contribution is -2.30. The molecule has 5 rings (SSSR count). The third-order valence-electron chi connectivity index (χ3n) is 5.32. The number of aliphatic hydroxyl groups is 1. The van der Waals surface area contributed by atoms with E-state index in [1.807, 2.05) is 55.5 Å². The van der Waals surface area contributed by atoms with Crippen LogP contribution in [0.3, 0.4) is 0 Å². The van der Waals surface area contributed by atoms with Crippen molar-refractivity contribution in [3.05, 3.63) is 87.3 Å². The van der Waals surface area contributed by atoms with Gasteiger partial charge in [-0.1, -0.05) is 41.7 Å². The first kappa shape index (κ1) is 20.4. The summed E-state index contributed by atoms with van der Waals surface area (Å²) in [6.07, 6.45) is 0. The third-order valence-corrected chi connectivity index (χ3v) is 7.34. The Hall–Kier alpha value is -3.49. The number of rotatable bonds is 5. The second kappa shape index (κ2) is 7.89. The largest absolute Gasteiger partial charge is 0.503 e. The van der Waals surface area contributed by atoms with Gasteiger partial charge in [0.2, 0.25) is 5.78 Å². The van der Waals surface area contributed by atoms with Gasteiger partial charge in [0, 0.05) is 4.88 Å². The number of carbonyl (C=O) groups is 2. The predicted molar refractivity (Wildman–Crippen MR) is 126 cm³/mol. The van der Waals surface area contributed by atoms with Crippen molar-refractivity contribution in [1.29, 1.82) is 0 Å². The Morgan fingerprint density at radius 3 is 2.56 bits per heavy atom. The van der Waals surface area contributed by atoms with Crippen LogP contribution < -0.4 is 9.64 Å². The molecule has 1 atom stereocenters. The van der Waals surface area contributed by atoms with E-state index in [9.17, 15) is 14.7 Å². The highest BCUT2D eigenvalue weighted by Gasteiger charge is 2.46. The second-order valence-electron chi connectivity index (χ2n) is 7.32. The fourth-order valence-electron chi connectivity index (χ4n) is 3.80. The Morgan fingerprint density at radius 2 is 1.88 bits per heavy atom. The van der Waals surface area contributed by atoms with Crippen LogP contribution in [0, 0.1) is 6.92 Å². The van der Waals surface area contributed by atoms with Crippen molar-refractivity contribution in [1.82, 2.24) is 4.98 Å². The lowest BCUT2D eigenvalue weighted by Gasteiger charge is -2.24. The maximum Gasteiger partial charge on any atom is 0.296 e. The van der Waals surface area contributed by atoms with Crippen molar-refractivity contribution >= 4 is 49.7 Å². The van der Waals surface area contributed by atoms with Gasteiger partial charge in [-0.05, 0) is 42.8 Å². The number of amides is 1. The van der Waals surface area contributed by atoms with Crippen molar-refractivity contribution in [2.75, 3.05) is 12.0 Å². The highest BCUT2D eigenvalue weighted by Crippen LogP contribution is 2.44. The van der Waals surface area contributed by atoms with Crippen molar-refractivity contribution in [3.8, 4) is 5.75 Å². The summed E-state index contributed by atoms with van der Waals surface area (Å²) in [5, 5.41) is 11.3. The van der Waals surface area contributed by atoms with Crippen LogP contribution >= 0.6 is 22.7 Å². The molecule has 8 heteroatoms. The second-order valence-corrected chi connectivity index (χ2v) is 9.62. The van der Waals surface area contributed by atoms with Gasteiger partial charge in [-0.3, -0.25) is 14.5 Å². The molecule has 160 valence electrons. The first-order valence-corrected chi connectivity index (χ1v) is 11.5. The molecule has 0 radical (unpaired) electrons. The summed E-state index contributed by atoms with van der Waals surface area (Å²) in [6.45, 7) is 1.91. The summed E-state index contributed by atoms with van der Waals surface area (Å²) in [5.74, 6) is -0.841. The molecule has 4 aromatic rings. The number of hydrogen-bond acceptors (Lipinski definition) is 7. The van der Waals surface area contributed by atoms with Crippen molar-refractivity contribution < 1.29 is 19.4 Å². The van der Waals surface area contributed by atoms with Crippen LogP contribution in [0.15, 0.2) is 72.0 Å². The summed E-state index contributed by atoms with van der Waals surface area (Å²) in [5.41, 5.74) is 1.50. The normalized spacial score (nSPS) is 16.2. The molecule has 2 aromatic carbocycles. The van der Waals surface area contributed by atoms with E-state index < -0.39 is 17.7 Å². The molecule has 1 N–H and O–H groups in total. The lowest BCUT2D eigenvalue weighted by molar-refractivity contribution is -0.117. The number of nitrogens with zero attached hydrogens (tertiary/aromatic N) is 2. The maximum absolute atomic E-state index is 13.4. The molecule has 1 amide bonds. The number of hydrogen-bond donors (Lipinski definition) is 1. The Labute approximate surface area is 192 Å². The average molecular weight is 463 g/mol. The van der Waals surface area contributed by atoms with Crippen LogP contribution in [0.25, 0.3) is 10.2 Å². The van der Waals surface area contributed by atoms with Crippen LogP contribution in [0.5, 0.6) is 5.75 Å². The fourth-order valence-corrected chi connectivity index (χ4v) is 5.64. The van der Waals surface area contributed by atoms with Crippen molar-refractivity contribution in [2.24, 2.45) is 0 Å². The maximum atomic E-state index is 13.4. The van der Waals surface area contributed by atoms with E-state index in [2.05, 4.69) is 4.98 Å². The molecule has 0 bridgehead atoms. The van der Waals surface area contributed by atoms with E-state index in [0.717, 1.165) is 15.1 Å². The van der Waals surface area contributed by atoms with Gasteiger partial charge >= 0.3 is 0 Å². The van der Waals surface area contributed by atoms with E-state index in [0.29, 0.717) is 21.3 Å². The van der Waals surface area contributed by atoms with E-state index in [-0.39, 0.29) is 11.4 Å². The first-order valence-electron chi connectivity index (χ1n) is 9.85. The molecule has 1 aliphatic heterocycles. The van der Waals surface area contributed by atoms with E-state index in [4.69, 9.17) is 4.74 Å². The van der Waals surface area contributed by atoms with Gasteiger partial charge in [0.15, 0.2) is 10.9 Å². The molecule has 1 aliphatic rings. The zero-order valence-electron chi connectivity index (χ0n) is 17.2. The molecule has 0 spiro atoms. The zero-order valence-corrected chi connectivity index (χ0v) is 18.9. The number of aromatic nitrogens is 1. The number of benzene rings is 2. The minimum Gasteiger partial charge on any atom is -0.503 e. The zero-order chi connectivity index (χ0) is 22.4. The van der Waals surface area contributed by atoms with Crippen LogP contribution in [0.1, 0.15) is 26.2 Å². The summed E-state index contributed by atoms with van der Waals surface area (Å²) in [4.78, 5) is 34.2. The Morgan fingerprint density at radius 1 is 1.09 bits per heavy atom. The van der Waals surface area contributed by atoms with Gasteiger partial charge < -0.3 is 9.84 Å². The number of aryl methyl sites for hydroxylation is 1. The number of anilines is 1. The average Bonchev–Trinajstić information content (AvgIpc) is 3.49. The quantitative estimate of drug-likeness (QED) is 0.399. The molecular formula is C24H18N2O4S2. The number of ether oxygens (including phenoxy) is 1. The molecule has 32 heavy (non-hydrogen) atoms. The Kier molecular flexibility index (Phi) is 5.03. The highest BCUT2D eigenvalue weighted by molar-refractivity contribution is 7.22. The SMILES string of the molecule is COc1ccc2nc(N3C(=O)C(O)=C(C(=O)c4ccc(C)s4)C3c3ccccc3)sc2c1. The van der Waals surface area contributed by atoms with Crippen molar-refractivity contribution in [2.45, 2.75) is 13.0 Å². The van der Waals surface area contributed by atoms with Crippen LogP contribution in [0.4, 0.5) is 5.13 Å². The summed E-state index contributed by atoms with van der Waals surface area (Å²) < 4.78 is 6.13. The summed E-state index contributed by atoms with van der Waals surface area (Å²) >= 11 is 2.65. The Bertz CT molecular complexity index is 1390. The minimum absolute atomic E-state index is 0.0693. The van der Waals surface area contributed by atoms with Crippen LogP contribution in [-0.2, 0) is 4.79 Å². The molecule has 3 heterocycles. The van der Waals surface area contributed by atoms with Crippen molar-refractivity contribution in [3.63, 3.8) is 0 Å². The topological polar surface area (TPSA) is 79.7 Å². The van der Waals surface area contributed by atoms with Gasteiger partial charge in [0.1, 0.15) is 5.75 Å². The Balaban J connectivity index is 1.66. The molecule has 6 nitrogen and oxygen atoms in total. The van der Waals surface area contributed by atoms with E-state index in [1.165, 1.54) is 27.6 Å². The third kappa shape index (κ3) is 3.28. The molecule has 0 aliphatic carbocycles. The molecule has 2 aromatic heterocycles. The highest BCUT2D eigenvalue weighted by atomic mass is 32.1. The van der Waals surface area contributed by atoms with Crippen LogP contribution in [0.2, 0.25) is 0 Å². The smallest absolute Gasteiger partial charge is 0.296 e. The number of methoxy groups -OCH3 is 1. The number of ketones is 1. The molecule has 1 unspecified atom stereocenters. The summed E-state index contributed by atoms with van der Waals surface area (Å²) in [7, 11) is 1.59. The monoisotopic (exact) mass is 462 g/mol. The first-order chi connectivity index (χ1) is 15.5. The van der Waals surface area contributed by atoms with Gasteiger partial charge in [-0.25, -0.2) is 4.98 Å². The van der Waals surface area contributed by atoms with Gasteiger partial charge in [0.05, 0.1) is 33.8 Å². The molecule has 0 saturated heterocycles. The van der Waals surface area contributed by atoms with Gasteiger partial charge in [0.25, 0.3) is 5.91 Å². The van der Waals surface area contributed by atoms with Gasteiger partial charge in [-0.15, -0.1) is 11.3 Å². The fraction of sp³-hybridized carbons (Fsp3) is 0.125. The number of thiazole rings is 1. The summed E-state index contributed by atoms with van der Waals surface area (Å²) in [6, 6.07) is 17.5. The van der Waals surface area contributed by atoms with Crippen LogP contribution in [-0.4, -0.2) is 28.9 Å². The van der Waals surface area contributed by atoms with E-state index >= 15 is 0 Å². The lowest BCUT2D eigenvalue weighted by atomic mass is 9.96. The molecule has 0 saturated carbocycles. The minimum atomic E-state index is -0.777. The standard InChI is InChI=1S/C24H18N2O4S2/c1-13-8-11-17(31-13)21(27)19-20(14-6-4-3-5-7-14)26(23(29)22(19)28)24-25-16-10-9-15(30-2)12-18(16)32-24/h3-12,20,28H,1-2H3. The number of carbonyl (C=O) groups excluding carboxylic acids is 2. The number of Topliss-reactive ketones (excluding diaryl/α,β-unsaturated/α-hetero) is 1. The molecular weight excluding hydrogens is 444 g/mol. The number of fused-ring (bicyclic) bond motifs is 1. The van der Waals surface area contributed by atoms with Gasteiger partial charge in [-0.2, -0.15) is 0 Å². The number of thiophene rings is 1. The predicted octanol–water partition coefficient (Wildman–Crippen LogP) is 5.46. The van der Waals surface area contributed by atoms with E-state index in [1.54, 1.807) is 19.2 Å². The molecule has 0 fully saturated rings. The number of aliphatic hydroxyl groups excluding tert-OH is 1.